The predicted octanol–water partition coefficient (Wildman–Crippen LogP) is 1.91. The summed E-state index contributed by atoms with van der Waals surface area (Å²) in [6, 6.07) is 0.527. The van der Waals surface area contributed by atoms with Gasteiger partial charge in [-0.1, -0.05) is 12.6 Å². The van der Waals surface area contributed by atoms with Crippen LogP contribution in [0.4, 0.5) is 4.79 Å². The monoisotopic (exact) mass is 171 g/mol. The highest BCUT2D eigenvalue weighted by Crippen LogP contribution is 2.36. The third kappa shape index (κ3) is 1.26. The molecule has 0 aromatic carbocycles. The molecule has 2 fully saturated rings. The molecule has 1 heterocycles. The van der Waals surface area contributed by atoms with Crippen LogP contribution in [-0.4, -0.2) is 22.7 Å². The molecule has 0 spiro atoms. The Morgan fingerprint density at radius 2 is 2.18 bits per heavy atom. The van der Waals surface area contributed by atoms with Gasteiger partial charge in [0.2, 0.25) is 0 Å². The first kappa shape index (κ1) is 7.47. The van der Waals surface area contributed by atoms with E-state index in [1.807, 2.05) is 4.90 Å². The Morgan fingerprint density at radius 3 is 2.91 bits per heavy atom. The van der Waals surface area contributed by atoms with Gasteiger partial charge in [-0.25, -0.2) is 0 Å². The van der Waals surface area contributed by atoms with Crippen LogP contribution in [0.15, 0.2) is 0 Å². The molecule has 1 unspecified atom stereocenters. The third-order valence-corrected chi connectivity index (χ3v) is 3.24. The number of amides is 1. The molecule has 2 aliphatic rings. The van der Waals surface area contributed by atoms with Crippen LogP contribution in [0.1, 0.15) is 25.7 Å². The Hall–Kier alpha value is -0.180. The molecule has 11 heavy (non-hydrogen) atoms. The topological polar surface area (TPSA) is 20.3 Å². The molecule has 1 saturated heterocycles. The standard InChI is InChI=1S/C8H13NOS/c10-8(11)9-4-3-6-1-2-7(9)5-6/h6-7H,1-5H2,(H,10,11)/t6?,7-/m1/s1. The molecule has 2 rings (SSSR count). The number of fused-ring (bicyclic) bond motifs is 2. The van der Waals surface area contributed by atoms with Gasteiger partial charge >= 0.3 is 0 Å². The van der Waals surface area contributed by atoms with Crippen molar-refractivity contribution in [1.29, 1.82) is 0 Å². The van der Waals surface area contributed by atoms with Crippen molar-refractivity contribution < 1.29 is 4.79 Å². The van der Waals surface area contributed by atoms with E-state index in [9.17, 15) is 4.79 Å². The Bertz CT molecular complexity index is 183. The van der Waals surface area contributed by atoms with Gasteiger partial charge in [0.15, 0.2) is 0 Å². The first-order valence-corrected chi connectivity index (χ1v) is 4.71. The summed E-state index contributed by atoms with van der Waals surface area (Å²) in [5.74, 6) is 0.906. The van der Waals surface area contributed by atoms with E-state index in [0.717, 1.165) is 12.5 Å². The van der Waals surface area contributed by atoms with Gasteiger partial charge in [-0.05, 0) is 31.6 Å². The smallest absolute Gasteiger partial charge is 0.278 e. The Morgan fingerprint density at radius 1 is 1.36 bits per heavy atom. The lowest BCUT2D eigenvalue weighted by atomic mass is 10.00. The average Bonchev–Trinajstić information content (AvgIpc) is 2.32. The zero-order valence-corrected chi connectivity index (χ0v) is 7.39. The fourth-order valence-corrected chi connectivity index (χ4v) is 2.61. The summed E-state index contributed by atoms with van der Waals surface area (Å²) in [7, 11) is 0. The minimum atomic E-state index is -0.0321. The number of thiol groups is 1. The van der Waals surface area contributed by atoms with Crippen molar-refractivity contribution in [3.8, 4) is 0 Å². The Balaban J connectivity index is 2.07. The van der Waals surface area contributed by atoms with Crippen LogP contribution in [0, 0.1) is 5.92 Å². The zero-order chi connectivity index (χ0) is 7.84. The Kier molecular flexibility index (Phi) is 1.83. The van der Waals surface area contributed by atoms with Crippen LogP contribution in [0.2, 0.25) is 0 Å². The molecular weight excluding hydrogens is 158 g/mol. The first-order valence-electron chi connectivity index (χ1n) is 4.27. The molecule has 1 aliphatic heterocycles. The zero-order valence-electron chi connectivity index (χ0n) is 6.49. The summed E-state index contributed by atoms with van der Waals surface area (Å²) in [6.07, 6.45) is 4.95. The molecule has 2 nitrogen and oxygen atoms in total. The molecule has 0 aromatic rings. The highest BCUT2D eigenvalue weighted by molar-refractivity contribution is 7.96. The lowest BCUT2D eigenvalue weighted by Crippen LogP contribution is -2.39. The van der Waals surface area contributed by atoms with Crippen molar-refractivity contribution in [2.24, 2.45) is 5.92 Å². The maximum atomic E-state index is 11.0. The van der Waals surface area contributed by atoms with Gasteiger partial charge in [0, 0.05) is 12.6 Å². The van der Waals surface area contributed by atoms with Crippen molar-refractivity contribution >= 4 is 17.9 Å². The summed E-state index contributed by atoms with van der Waals surface area (Å²) in [5.41, 5.74) is 0. The van der Waals surface area contributed by atoms with Gasteiger partial charge in [0.25, 0.3) is 5.24 Å². The van der Waals surface area contributed by atoms with Crippen LogP contribution in [0.3, 0.4) is 0 Å². The van der Waals surface area contributed by atoms with Gasteiger partial charge in [0.1, 0.15) is 0 Å². The largest absolute Gasteiger partial charge is 0.331 e. The molecular formula is C8H13NOS. The van der Waals surface area contributed by atoms with Crippen LogP contribution in [0.25, 0.3) is 0 Å². The summed E-state index contributed by atoms with van der Waals surface area (Å²) >= 11 is 3.86. The van der Waals surface area contributed by atoms with Crippen molar-refractivity contribution in [2.45, 2.75) is 31.7 Å². The molecule has 2 atom stereocenters. The van der Waals surface area contributed by atoms with Crippen LogP contribution >= 0.6 is 12.6 Å². The van der Waals surface area contributed by atoms with Gasteiger partial charge in [-0.3, -0.25) is 4.79 Å². The third-order valence-electron chi connectivity index (χ3n) is 2.98. The van der Waals surface area contributed by atoms with Crippen LogP contribution < -0.4 is 0 Å². The summed E-state index contributed by atoms with van der Waals surface area (Å²) in [4.78, 5) is 12.9. The number of piperidine rings is 1. The SMILES string of the molecule is O=C(S)N1CCC2CC[C@@H]1C2. The minimum Gasteiger partial charge on any atom is -0.331 e. The highest BCUT2D eigenvalue weighted by Gasteiger charge is 2.35. The van der Waals surface area contributed by atoms with Crippen molar-refractivity contribution in [3.05, 3.63) is 0 Å². The van der Waals surface area contributed by atoms with Crippen molar-refractivity contribution in [1.82, 2.24) is 4.90 Å². The molecule has 1 amide bonds. The molecule has 1 aliphatic carbocycles. The number of likely N-dealkylation sites (tertiary alicyclic amines) is 1. The Labute approximate surface area is 72.4 Å². The fraction of sp³-hybridized carbons (Fsp3) is 0.875. The molecule has 1 saturated carbocycles. The van der Waals surface area contributed by atoms with Gasteiger partial charge in [-0.2, -0.15) is 0 Å². The van der Waals surface area contributed by atoms with Gasteiger partial charge in [-0.15, -0.1) is 0 Å². The van der Waals surface area contributed by atoms with E-state index in [2.05, 4.69) is 12.6 Å². The van der Waals surface area contributed by atoms with Gasteiger partial charge in [0.05, 0.1) is 0 Å². The summed E-state index contributed by atoms with van der Waals surface area (Å²) in [5, 5.41) is -0.0321. The highest BCUT2D eigenvalue weighted by atomic mass is 32.1. The number of hydrogen-bond acceptors (Lipinski definition) is 1. The summed E-state index contributed by atoms with van der Waals surface area (Å²) < 4.78 is 0. The maximum Gasteiger partial charge on any atom is 0.278 e. The lowest BCUT2D eigenvalue weighted by molar-refractivity contribution is 0.178. The number of rotatable bonds is 0. The maximum absolute atomic E-state index is 11.0. The molecule has 62 valence electrons. The normalized spacial score (nSPS) is 35.9. The number of hydrogen-bond donors (Lipinski definition) is 1. The number of nitrogens with zero attached hydrogens (tertiary/aromatic N) is 1. The molecule has 0 aromatic heterocycles. The second kappa shape index (κ2) is 2.70. The molecule has 2 bridgehead atoms. The predicted molar refractivity (Wildman–Crippen MR) is 46.8 cm³/mol. The minimum absolute atomic E-state index is 0.0321. The molecule has 3 heteroatoms. The second-order valence-corrected chi connectivity index (χ2v) is 3.98. The van der Waals surface area contributed by atoms with Crippen LogP contribution in [0.5, 0.6) is 0 Å². The fourth-order valence-electron chi connectivity index (χ4n) is 2.35. The first-order chi connectivity index (χ1) is 5.27. The second-order valence-electron chi connectivity index (χ2n) is 3.60. The van der Waals surface area contributed by atoms with Crippen molar-refractivity contribution in [2.75, 3.05) is 6.54 Å². The van der Waals surface area contributed by atoms with Crippen molar-refractivity contribution in [3.63, 3.8) is 0 Å². The summed E-state index contributed by atoms with van der Waals surface area (Å²) in [6.45, 7) is 0.942. The van der Waals surface area contributed by atoms with Crippen LogP contribution in [-0.2, 0) is 0 Å². The van der Waals surface area contributed by atoms with E-state index in [0.29, 0.717) is 6.04 Å². The number of carbonyl (C=O) groups is 1. The van der Waals surface area contributed by atoms with E-state index >= 15 is 0 Å². The van der Waals surface area contributed by atoms with Gasteiger partial charge < -0.3 is 4.90 Å². The lowest BCUT2D eigenvalue weighted by Gasteiger charge is -2.31. The van der Waals surface area contributed by atoms with E-state index < -0.39 is 0 Å². The van der Waals surface area contributed by atoms with E-state index in [4.69, 9.17) is 0 Å². The quantitative estimate of drug-likeness (QED) is 0.552. The number of carbonyl (C=O) groups excluding carboxylic acids is 1. The van der Waals surface area contributed by atoms with E-state index in [-0.39, 0.29) is 5.24 Å². The molecule has 0 N–H and O–H groups in total. The van der Waals surface area contributed by atoms with E-state index in [1.165, 1.54) is 25.7 Å². The average molecular weight is 171 g/mol. The molecule has 0 radical (unpaired) electrons. The van der Waals surface area contributed by atoms with E-state index in [1.54, 1.807) is 0 Å².